The van der Waals surface area contributed by atoms with Crippen LogP contribution in [0, 0.1) is 0 Å². The summed E-state index contributed by atoms with van der Waals surface area (Å²) in [5, 5.41) is 8.19. The topological polar surface area (TPSA) is 102 Å². The third kappa shape index (κ3) is 9.99. The van der Waals surface area contributed by atoms with Gasteiger partial charge in [-0.1, -0.05) is 12.7 Å². The molecule has 0 aromatic heterocycles. The number of nitrogens with two attached hydrogens (primary N) is 1. The van der Waals surface area contributed by atoms with Crippen LogP contribution in [0.3, 0.4) is 0 Å². The Morgan fingerprint density at radius 1 is 1.53 bits per heavy atom. The van der Waals surface area contributed by atoms with Crippen LogP contribution in [-0.2, 0) is 19.1 Å². The smallest absolute Gasteiger partial charge is 0.333 e. The highest BCUT2D eigenvalue weighted by atomic mass is 16.6. The molecule has 0 bridgehead atoms. The summed E-state index contributed by atoms with van der Waals surface area (Å²) < 4.78 is 9.41. The van der Waals surface area contributed by atoms with Crippen LogP contribution in [0.15, 0.2) is 23.8 Å². The van der Waals surface area contributed by atoms with Crippen molar-refractivity contribution in [1.82, 2.24) is 0 Å². The van der Waals surface area contributed by atoms with Gasteiger partial charge in [-0.25, -0.2) is 4.79 Å². The van der Waals surface area contributed by atoms with E-state index in [1.807, 2.05) is 6.08 Å². The van der Waals surface area contributed by atoms with Crippen molar-refractivity contribution in [3.05, 3.63) is 23.8 Å². The quantitative estimate of drug-likeness (QED) is 0.411. The zero-order valence-corrected chi connectivity index (χ0v) is 11.3. The average molecular weight is 271 g/mol. The first-order valence-electron chi connectivity index (χ1n) is 5.90. The second kappa shape index (κ2) is 9.29. The molecule has 1 unspecified atom stereocenters. The van der Waals surface area contributed by atoms with Crippen molar-refractivity contribution in [3.8, 4) is 0 Å². The van der Waals surface area contributed by atoms with Gasteiger partial charge in [0.2, 0.25) is 5.91 Å². The van der Waals surface area contributed by atoms with Crippen molar-refractivity contribution in [2.24, 2.45) is 5.73 Å². The Morgan fingerprint density at radius 3 is 2.47 bits per heavy atom. The van der Waals surface area contributed by atoms with E-state index < -0.39 is 5.97 Å². The third-order valence-electron chi connectivity index (χ3n) is 2.15. The first-order chi connectivity index (χ1) is 8.88. The SMILES string of the molecule is C=C(C)C(=O)OCCO.CC(=CCC1CO1)C(N)=O. The first kappa shape index (κ1) is 17.3. The van der Waals surface area contributed by atoms with Gasteiger partial charge in [0.05, 0.1) is 19.3 Å². The molecule has 19 heavy (non-hydrogen) atoms. The summed E-state index contributed by atoms with van der Waals surface area (Å²) >= 11 is 0. The number of ether oxygens (including phenoxy) is 2. The molecular formula is C13H21NO5. The standard InChI is InChI=1S/C7H11NO2.C6H10O3/c1-5(7(8)9)2-3-6-4-10-6;1-5(2)6(8)9-4-3-7/h2,6H,3-4H2,1H3,(H2,8,9);7H,1,3-4H2,2H3. The predicted molar refractivity (Wildman–Crippen MR) is 70.2 cm³/mol. The van der Waals surface area contributed by atoms with Crippen molar-refractivity contribution in [2.75, 3.05) is 19.8 Å². The van der Waals surface area contributed by atoms with Crippen molar-refractivity contribution in [1.29, 1.82) is 0 Å². The lowest BCUT2D eigenvalue weighted by Gasteiger charge is -1.99. The van der Waals surface area contributed by atoms with Crippen LogP contribution in [0.4, 0.5) is 0 Å². The highest BCUT2D eigenvalue weighted by molar-refractivity contribution is 5.91. The minimum atomic E-state index is -0.455. The summed E-state index contributed by atoms with van der Waals surface area (Å²) in [5.74, 6) is -0.801. The number of rotatable bonds is 6. The molecule has 1 rings (SSSR count). The third-order valence-corrected chi connectivity index (χ3v) is 2.15. The summed E-state index contributed by atoms with van der Waals surface area (Å²) in [4.78, 5) is 20.9. The maximum Gasteiger partial charge on any atom is 0.333 e. The molecule has 1 amide bonds. The number of primary amides is 1. The maximum absolute atomic E-state index is 10.5. The highest BCUT2D eigenvalue weighted by Crippen LogP contribution is 2.14. The van der Waals surface area contributed by atoms with E-state index in [0.717, 1.165) is 13.0 Å². The Morgan fingerprint density at radius 2 is 2.11 bits per heavy atom. The van der Waals surface area contributed by atoms with Crippen molar-refractivity contribution >= 4 is 11.9 Å². The van der Waals surface area contributed by atoms with Crippen LogP contribution < -0.4 is 5.73 Å². The number of hydrogen-bond donors (Lipinski definition) is 2. The predicted octanol–water partition coefficient (Wildman–Crippen LogP) is 0.305. The molecule has 1 heterocycles. The number of esters is 1. The van der Waals surface area contributed by atoms with Crippen LogP contribution >= 0.6 is 0 Å². The fourth-order valence-corrected chi connectivity index (χ4v) is 0.874. The molecule has 108 valence electrons. The molecule has 3 N–H and O–H groups in total. The lowest BCUT2D eigenvalue weighted by Crippen LogP contribution is -2.11. The van der Waals surface area contributed by atoms with E-state index in [1.165, 1.54) is 0 Å². The molecule has 0 spiro atoms. The molecular weight excluding hydrogens is 250 g/mol. The summed E-state index contributed by atoms with van der Waals surface area (Å²) in [6, 6.07) is 0. The molecule has 6 heteroatoms. The minimum Gasteiger partial charge on any atom is -0.460 e. The van der Waals surface area contributed by atoms with Crippen molar-refractivity contribution in [3.63, 3.8) is 0 Å². The van der Waals surface area contributed by atoms with Gasteiger partial charge in [-0.15, -0.1) is 0 Å². The van der Waals surface area contributed by atoms with Gasteiger partial charge in [0.25, 0.3) is 0 Å². The van der Waals surface area contributed by atoms with Gasteiger partial charge in [-0.2, -0.15) is 0 Å². The van der Waals surface area contributed by atoms with E-state index in [1.54, 1.807) is 13.8 Å². The Labute approximate surface area is 112 Å². The molecule has 0 radical (unpaired) electrons. The lowest BCUT2D eigenvalue weighted by molar-refractivity contribution is -0.139. The fraction of sp³-hybridized carbons (Fsp3) is 0.538. The van der Waals surface area contributed by atoms with Gasteiger partial charge >= 0.3 is 5.97 Å². The molecule has 6 nitrogen and oxygen atoms in total. The largest absolute Gasteiger partial charge is 0.460 e. The number of carbonyl (C=O) groups excluding carboxylic acids is 2. The van der Waals surface area contributed by atoms with Crippen LogP contribution in [0.25, 0.3) is 0 Å². The van der Waals surface area contributed by atoms with Gasteiger partial charge in [-0.3, -0.25) is 4.79 Å². The molecule has 0 aliphatic carbocycles. The van der Waals surface area contributed by atoms with Gasteiger partial charge in [0, 0.05) is 11.1 Å². The fourth-order valence-electron chi connectivity index (χ4n) is 0.874. The van der Waals surface area contributed by atoms with E-state index in [-0.39, 0.29) is 19.1 Å². The van der Waals surface area contributed by atoms with Gasteiger partial charge in [-0.05, 0) is 20.3 Å². The zero-order chi connectivity index (χ0) is 14.8. The number of amides is 1. The van der Waals surface area contributed by atoms with Crippen LogP contribution in [0.5, 0.6) is 0 Å². The Bertz CT molecular complexity index is 358. The molecule has 1 fully saturated rings. The second-order valence-electron chi connectivity index (χ2n) is 4.08. The lowest BCUT2D eigenvalue weighted by atomic mass is 10.2. The zero-order valence-electron chi connectivity index (χ0n) is 11.3. The molecule has 1 aliphatic rings. The number of carbonyl (C=O) groups is 2. The van der Waals surface area contributed by atoms with Gasteiger partial charge in [0.1, 0.15) is 6.61 Å². The van der Waals surface area contributed by atoms with E-state index in [4.69, 9.17) is 15.6 Å². The van der Waals surface area contributed by atoms with E-state index in [9.17, 15) is 9.59 Å². The van der Waals surface area contributed by atoms with E-state index in [2.05, 4.69) is 11.3 Å². The molecule has 0 saturated carbocycles. The summed E-state index contributed by atoms with van der Waals surface area (Å²) in [6.45, 7) is 7.35. The summed E-state index contributed by atoms with van der Waals surface area (Å²) in [7, 11) is 0. The molecule has 1 aliphatic heterocycles. The second-order valence-corrected chi connectivity index (χ2v) is 4.08. The highest BCUT2D eigenvalue weighted by Gasteiger charge is 2.20. The number of hydrogen-bond acceptors (Lipinski definition) is 5. The summed E-state index contributed by atoms with van der Waals surface area (Å²) in [6.07, 6.45) is 2.98. The monoisotopic (exact) mass is 271 g/mol. The van der Waals surface area contributed by atoms with E-state index >= 15 is 0 Å². The Balaban J connectivity index is 0.000000344. The Kier molecular flexibility index (Phi) is 8.48. The average Bonchev–Trinajstić information content (AvgIpc) is 3.17. The van der Waals surface area contributed by atoms with Gasteiger partial charge < -0.3 is 20.3 Å². The van der Waals surface area contributed by atoms with Crippen molar-refractivity contribution < 1.29 is 24.2 Å². The molecule has 1 saturated heterocycles. The number of epoxide rings is 1. The first-order valence-corrected chi connectivity index (χ1v) is 5.90. The van der Waals surface area contributed by atoms with Crippen LogP contribution in [-0.4, -0.2) is 42.9 Å². The van der Waals surface area contributed by atoms with Crippen LogP contribution in [0.2, 0.25) is 0 Å². The molecule has 0 aromatic carbocycles. The minimum absolute atomic E-state index is 0.0473. The number of aliphatic hydroxyl groups is 1. The number of aliphatic hydroxyl groups excluding tert-OH is 1. The van der Waals surface area contributed by atoms with Crippen LogP contribution in [0.1, 0.15) is 20.3 Å². The summed E-state index contributed by atoms with van der Waals surface area (Å²) in [5.41, 5.74) is 5.97. The molecule has 0 aromatic rings. The van der Waals surface area contributed by atoms with Gasteiger partial charge in [0.15, 0.2) is 0 Å². The molecule has 1 atom stereocenters. The Hall–Kier alpha value is -1.66. The normalized spacial score (nSPS) is 17.0. The van der Waals surface area contributed by atoms with E-state index in [0.29, 0.717) is 17.3 Å². The maximum atomic E-state index is 10.5. The van der Waals surface area contributed by atoms with Crippen molar-refractivity contribution in [2.45, 2.75) is 26.4 Å².